The first-order valence-corrected chi connectivity index (χ1v) is 6.10. The molecule has 0 aliphatic rings. The van der Waals surface area contributed by atoms with Gasteiger partial charge >= 0.3 is 0 Å². The van der Waals surface area contributed by atoms with Gasteiger partial charge in [-0.25, -0.2) is 0 Å². The molecule has 0 bridgehead atoms. The predicted octanol–water partition coefficient (Wildman–Crippen LogP) is 3.27. The molecule has 1 rings (SSSR count). The molecule has 2 nitrogen and oxygen atoms in total. The van der Waals surface area contributed by atoms with Crippen molar-refractivity contribution in [1.29, 1.82) is 0 Å². The van der Waals surface area contributed by atoms with Gasteiger partial charge in [-0.3, -0.25) is 0 Å². The molecule has 0 heterocycles. The van der Waals surface area contributed by atoms with Crippen LogP contribution in [0.5, 0.6) is 0 Å². The molecule has 0 aromatic heterocycles. The Morgan fingerprint density at radius 3 is 2.25 bits per heavy atom. The number of aliphatic hydroxyl groups excluding tert-OH is 1. The van der Waals surface area contributed by atoms with E-state index in [2.05, 4.69) is 19.2 Å². The number of nitrogens with one attached hydrogen (secondary N) is 1. The molecule has 1 unspecified atom stereocenters. The SMILES string of the molecule is CC(C)CNCC(O)c1c(Cl)cccc1Cl. The van der Waals surface area contributed by atoms with Crippen molar-refractivity contribution in [1.82, 2.24) is 5.32 Å². The summed E-state index contributed by atoms with van der Waals surface area (Å²) in [6.45, 7) is 5.55. The summed E-state index contributed by atoms with van der Waals surface area (Å²) in [4.78, 5) is 0. The Morgan fingerprint density at radius 2 is 1.75 bits per heavy atom. The molecule has 0 aliphatic carbocycles. The average molecular weight is 262 g/mol. The zero-order chi connectivity index (χ0) is 12.1. The lowest BCUT2D eigenvalue weighted by atomic mass is 10.1. The maximum atomic E-state index is 9.96. The van der Waals surface area contributed by atoms with Gasteiger partial charge in [0.25, 0.3) is 0 Å². The first kappa shape index (κ1) is 13.8. The standard InChI is InChI=1S/C12H17Cl2NO/c1-8(2)6-15-7-11(16)12-9(13)4-3-5-10(12)14/h3-5,8,11,15-16H,6-7H2,1-2H3. The van der Waals surface area contributed by atoms with Crippen molar-refractivity contribution in [3.63, 3.8) is 0 Å². The lowest BCUT2D eigenvalue weighted by Crippen LogP contribution is -2.25. The fourth-order valence-electron chi connectivity index (χ4n) is 1.44. The average Bonchev–Trinajstić information content (AvgIpc) is 2.16. The maximum absolute atomic E-state index is 9.96. The van der Waals surface area contributed by atoms with Crippen LogP contribution in [-0.2, 0) is 0 Å². The Balaban J connectivity index is 2.62. The van der Waals surface area contributed by atoms with Crippen LogP contribution < -0.4 is 5.32 Å². The number of aliphatic hydroxyl groups is 1. The van der Waals surface area contributed by atoms with Gasteiger partial charge in [-0.15, -0.1) is 0 Å². The quantitative estimate of drug-likeness (QED) is 0.853. The molecule has 0 spiro atoms. The van der Waals surface area contributed by atoms with Crippen molar-refractivity contribution in [3.8, 4) is 0 Å². The van der Waals surface area contributed by atoms with Crippen LogP contribution >= 0.6 is 23.2 Å². The molecular weight excluding hydrogens is 245 g/mol. The molecular formula is C12H17Cl2NO. The third-order valence-corrected chi connectivity index (χ3v) is 2.88. The zero-order valence-corrected chi connectivity index (χ0v) is 11.0. The van der Waals surface area contributed by atoms with Gasteiger partial charge in [0.15, 0.2) is 0 Å². The topological polar surface area (TPSA) is 32.3 Å². The van der Waals surface area contributed by atoms with E-state index in [4.69, 9.17) is 23.2 Å². The Bertz CT molecular complexity index is 322. The second-order valence-corrected chi connectivity index (χ2v) is 5.02. The largest absolute Gasteiger partial charge is 0.387 e. The van der Waals surface area contributed by atoms with Crippen molar-refractivity contribution in [2.24, 2.45) is 5.92 Å². The minimum atomic E-state index is -0.667. The van der Waals surface area contributed by atoms with Crippen LogP contribution in [0.3, 0.4) is 0 Å². The van der Waals surface area contributed by atoms with Crippen LogP contribution in [0.2, 0.25) is 10.0 Å². The first-order valence-electron chi connectivity index (χ1n) is 5.35. The number of hydrogen-bond donors (Lipinski definition) is 2. The molecule has 0 saturated heterocycles. The molecule has 2 N–H and O–H groups in total. The molecule has 1 aromatic carbocycles. The van der Waals surface area contributed by atoms with Gasteiger partial charge in [-0.05, 0) is 24.6 Å². The summed E-state index contributed by atoms with van der Waals surface area (Å²) < 4.78 is 0. The summed E-state index contributed by atoms with van der Waals surface area (Å²) in [5.74, 6) is 0.550. The molecule has 0 aliphatic heterocycles. The summed E-state index contributed by atoms with van der Waals surface area (Å²) in [5.41, 5.74) is 0.599. The molecule has 0 radical (unpaired) electrons. The van der Waals surface area contributed by atoms with E-state index in [-0.39, 0.29) is 0 Å². The summed E-state index contributed by atoms with van der Waals surface area (Å²) in [6, 6.07) is 5.23. The van der Waals surface area contributed by atoms with E-state index in [1.54, 1.807) is 18.2 Å². The summed E-state index contributed by atoms with van der Waals surface area (Å²) in [6.07, 6.45) is -0.667. The van der Waals surface area contributed by atoms with Crippen LogP contribution in [-0.4, -0.2) is 18.2 Å². The van der Waals surface area contributed by atoms with Crippen LogP contribution in [0, 0.1) is 5.92 Å². The van der Waals surface area contributed by atoms with E-state index < -0.39 is 6.10 Å². The normalized spacial score (nSPS) is 13.1. The number of rotatable bonds is 5. The van der Waals surface area contributed by atoms with E-state index in [9.17, 15) is 5.11 Å². The van der Waals surface area contributed by atoms with E-state index >= 15 is 0 Å². The highest BCUT2D eigenvalue weighted by Gasteiger charge is 2.14. The van der Waals surface area contributed by atoms with Gasteiger partial charge in [0.05, 0.1) is 6.10 Å². The smallest absolute Gasteiger partial charge is 0.0943 e. The van der Waals surface area contributed by atoms with Crippen molar-refractivity contribution in [2.45, 2.75) is 20.0 Å². The Morgan fingerprint density at radius 1 is 1.19 bits per heavy atom. The van der Waals surface area contributed by atoms with Gasteiger partial charge in [-0.1, -0.05) is 43.1 Å². The number of halogens is 2. The van der Waals surface area contributed by atoms with Crippen molar-refractivity contribution in [2.75, 3.05) is 13.1 Å². The number of hydrogen-bond acceptors (Lipinski definition) is 2. The van der Waals surface area contributed by atoms with E-state index in [1.807, 2.05) is 0 Å². The van der Waals surface area contributed by atoms with Crippen LogP contribution in [0.1, 0.15) is 25.5 Å². The molecule has 1 atom stereocenters. The van der Waals surface area contributed by atoms with Crippen LogP contribution in [0.25, 0.3) is 0 Å². The summed E-state index contributed by atoms with van der Waals surface area (Å²) >= 11 is 12.0. The second kappa shape index (κ2) is 6.45. The fourth-order valence-corrected chi connectivity index (χ4v) is 2.09. The zero-order valence-electron chi connectivity index (χ0n) is 9.50. The lowest BCUT2D eigenvalue weighted by Gasteiger charge is -2.16. The van der Waals surface area contributed by atoms with E-state index in [0.717, 1.165) is 6.54 Å². The molecule has 90 valence electrons. The lowest BCUT2D eigenvalue weighted by molar-refractivity contribution is 0.173. The van der Waals surface area contributed by atoms with E-state index in [0.29, 0.717) is 28.1 Å². The summed E-state index contributed by atoms with van der Waals surface area (Å²) in [5, 5.41) is 14.1. The van der Waals surface area contributed by atoms with E-state index in [1.165, 1.54) is 0 Å². The van der Waals surface area contributed by atoms with Gasteiger partial charge in [0.2, 0.25) is 0 Å². The van der Waals surface area contributed by atoms with Gasteiger partial charge in [0, 0.05) is 22.2 Å². The summed E-state index contributed by atoms with van der Waals surface area (Å²) in [7, 11) is 0. The second-order valence-electron chi connectivity index (χ2n) is 4.20. The molecule has 16 heavy (non-hydrogen) atoms. The third-order valence-electron chi connectivity index (χ3n) is 2.22. The molecule has 0 saturated carbocycles. The highest BCUT2D eigenvalue weighted by atomic mass is 35.5. The number of benzene rings is 1. The van der Waals surface area contributed by atoms with Crippen LogP contribution in [0.4, 0.5) is 0 Å². The Hall–Kier alpha value is -0.280. The van der Waals surface area contributed by atoms with Gasteiger partial charge in [0.1, 0.15) is 0 Å². The minimum absolute atomic E-state index is 0.460. The third kappa shape index (κ3) is 3.95. The highest BCUT2D eigenvalue weighted by Crippen LogP contribution is 2.29. The Labute approximate surface area is 107 Å². The highest BCUT2D eigenvalue weighted by molar-refractivity contribution is 6.36. The van der Waals surface area contributed by atoms with Gasteiger partial charge < -0.3 is 10.4 Å². The first-order chi connectivity index (χ1) is 7.52. The van der Waals surface area contributed by atoms with Crippen molar-refractivity contribution >= 4 is 23.2 Å². The minimum Gasteiger partial charge on any atom is -0.387 e. The fraction of sp³-hybridized carbons (Fsp3) is 0.500. The van der Waals surface area contributed by atoms with Crippen molar-refractivity contribution < 1.29 is 5.11 Å². The predicted molar refractivity (Wildman–Crippen MR) is 69.1 cm³/mol. The molecule has 1 aromatic rings. The van der Waals surface area contributed by atoms with Crippen molar-refractivity contribution in [3.05, 3.63) is 33.8 Å². The molecule has 0 fully saturated rings. The Kier molecular flexibility index (Phi) is 5.56. The monoisotopic (exact) mass is 261 g/mol. The molecule has 4 heteroatoms. The molecule has 0 amide bonds. The van der Waals surface area contributed by atoms with Crippen LogP contribution in [0.15, 0.2) is 18.2 Å². The maximum Gasteiger partial charge on any atom is 0.0943 e. The van der Waals surface area contributed by atoms with Gasteiger partial charge in [-0.2, -0.15) is 0 Å².